The summed E-state index contributed by atoms with van der Waals surface area (Å²) in [6.07, 6.45) is 24.5. The van der Waals surface area contributed by atoms with E-state index in [0.29, 0.717) is 58.1 Å². The number of nitrogens with one attached hydrogen (secondary N) is 3. The number of hydrogen-bond acceptors (Lipinski definition) is 23. The molecule has 0 amide bonds. The number of carbonyl (C=O) groups excluding carboxylic acids is 1. The first-order chi connectivity index (χ1) is 54.3. The van der Waals surface area contributed by atoms with E-state index in [4.69, 9.17) is 85.7 Å². The molecule has 0 aliphatic heterocycles. The summed E-state index contributed by atoms with van der Waals surface area (Å²) in [5.74, 6) is 1.25. The molecule has 8 N–H and O–H groups in total. The van der Waals surface area contributed by atoms with Gasteiger partial charge in [-0.3, -0.25) is 19.5 Å². The average molecular weight is 1770 g/mol. The molecule has 0 fully saturated rings. The second-order valence-electron chi connectivity index (χ2n) is 21.4. The van der Waals surface area contributed by atoms with Crippen molar-refractivity contribution >= 4 is 151 Å². The van der Waals surface area contributed by atoms with Gasteiger partial charge in [0, 0.05) is 85.3 Å². The SMILES string of the molecule is C.CCOP(=O)(Cc1ccc(NOO)cc1)OCC.CNc1ccc(/C=C/c2ccc(OCCF)nc2)cc1.Nc1ccc(/C=C/c2ccc(OCCF)nc2)cc1.O=Cc1ccc(Cl)nc1.O=[N+]([O-])c1ccc(/C=C/c2ccc(OCCF)nc2)cc1.OCCF.OONc1ccc(/C=C/c2ccc(Cl)nc2)cc1.[Cl][Sn][Cl]. The molecule has 0 aliphatic rings. The van der Waals surface area contributed by atoms with Crippen LogP contribution in [0.2, 0.25) is 10.3 Å². The Morgan fingerprint density at radius 1 is 0.487 bits per heavy atom. The van der Waals surface area contributed by atoms with Crippen LogP contribution in [0.1, 0.15) is 81.7 Å². The number of carbonyl (C=O) groups is 1. The molecule has 5 heterocycles. The summed E-state index contributed by atoms with van der Waals surface area (Å²) in [5, 5.41) is 38.4. The van der Waals surface area contributed by atoms with Crippen molar-refractivity contribution in [1.29, 1.82) is 0 Å². The summed E-state index contributed by atoms with van der Waals surface area (Å²) >= 11 is 10.3. The number of nitrogen functional groups attached to an aromatic ring is 1. The first kappa shape index (κ1) is 99.2. The van der Waals surface area contributed by atoms with Crippen LogP contribution in [0, 0.1) is 10.1 Å². The molecule has 602 valence electrons. The van der Waals surface area contributed by atoms with E-state index >= 15 is 0 Å². The number of rotatable bonds is 31. The Balaban J connectivity index is 0.000000456. The van der Waals surface area contributed by atoms with Crippen molar-refractivity contribution in [3.8, 4) is 17.6 Å². The number of pyridine rings is 5. The van der Waals surface area contributed by atoms with Crippen molar-refractivity contribution in [3.63, 3.8) is 0 Å². The minimum absolute atomic E-state index is 0. The molecule has 10 aromatic rings. The Morgan fingerprint density at radius 2 is 0.788 bits per heavy atom. The van der Waals surface area contributed by atoms with Crippen LogP contribution in [-0.4, -0.2) is 144 Å². The van der Waals surface area contributed by atoms with Crippen LogP contribution in [0.4, 0.5) is 46.0 Å². The molecule has 0 bridgehead atoms. The molecule has 2 radical (unpaired) electrons. The number of non-ortho nitro benzene ring substituents is 1. The first-order valence-electron chi connectivity index (χ1n) is 33.4. The molecule has 0 saturated carbocycles. The van der Waals surface area contributed by atoms with E-state index in [9.17, 15) is 37.0 Å². The van der Waals surface area contributed by atoms with E-state index in [0.717, 1.165) is 67.7 Å². The van der Waals surface area contributed by atoms with Crippen molar-refractivity contribution in [2.75, 3.05) is 95.4 Å². The van der Waals surface area contributed by atoms with E-state index < -0.39 is 58.1 Å². The number of aliphatic hydroxyl groups is 1. The van der Waals surface area contributed by atoms with Crippen LogP contribution >= 0.6 is 48.6 Å². The molecule has 24 nitrogen and oxygen atoms in total. The number of ether oxygens (including phenoxy) is 3. The maximum atomic E-state index is 12.3. The van der Waals surface area contributed by atoms with Gasteiger partial charge in [0.2, 0.25) is 17.6 Å². The topological polar surface area (TPSA) is 329 Å². The number of halogens is 8. The molecule has 5 aromatic heterocycles. The molecule has 10 rings (SSSR count). The molecule has 0 unspecified atom stereocenters. The van der Waals surface area contributed by atoms with Crippen LogP contribution in [0.15, 0.2) is 213 Å². The Morgan fingerprint density at radius 3 is 1.07 bits per heavy atom. The zero-order chi connectivity index (χ0) is 81.8. The summed E-state index contributed by atoms with van der Waals surface area (Å²) in [6.45, 7) is 1.76. The van der Waals surface area contributed by atoms with E-state index in [1.54, 1.807) is 130 Å². The summed E-state index contributed by atoms with van der Waals surface area (Å²) in [4.78, 5) is 47.6. The minimum atomic E-state index is -3.07. The Kier molecular flexibility index (Phi) is 54.1. The predicted octanol–water partition coefficient (Wildman–Crippen LogP) is 20.5. The molecule has 0 aliphatic carbocycles. The van der Waals surface area contributed by atoms with Gasteiger partial charge in [-0.15, -0.1) is 9.98 Å². The van der Waals surface area contributed by atoms with Crippen LogP contribution in [0.5, 0.6) is 17.6 Å². The number of anilines is 4. The quantitative estimate of drug-likeness (QED) is 0.00244. The van der Waals surface area contributed by atoms with Gasteiger partial charge in [0.05, 0.1) is 42.3 Å². The van der Waals surface area contributed by atoms with Gasteiger partial charge in [-0.1, -0.05) is 134 Å². The molecule has 0 spiro atoms. The molecule has 5 aromatic carbocycles. The zero-order valence-corrected chi connectivity index (χ0v) is 67.5. The van der Waals surface area contributed by atoms with Crippen molar-refractivity contribution in [3.05, 3.63) is 289 Å². The third-order valence-electron chi connectivity index (χ3n) is 13.3. The van der Waals surface area contributed by atoms with Crippen LogP contribution in [0.25, 0.3) is 48.6 Å². The molecular weight excluding hydrogens is 1680 g/mol. The summed E-state index contributed by atoms with van der Waals surface area (Å²) in [6, 6.07) is 53.7. The van der Waals surface area contributed by atoms with Gasteiger partial charge in [-0.25, -0.2) is 64.0 Å². The third kappa shape index (κ3) is 45.4. The molecule has 0 saturated heterocycles. The second-order valence-corrected chi connectivity index (χ2v) is 28.4. The second kappa shape index (κ2) is 61.7. The van der Waals surface area contributed by atoms with Gasteiger partial charge < -0.3 is 39.4 Å². The molecule has 34 heteroatoms. The van der Waals surface area contributed by atoms with Gasteiger partial charge in [0.15, 0.2) is 6.29 Å². The number of aldehydes is 1. The fourth-order valence-corrected chi connectivity index (χ4v) is 10.1. The Labute approximate surface area is 681 Å². The molecular formula is C79H87Cl4F4N10O14PSn. The number of aliphatic hydroxyl groups excluding tert-OH is 1. The average Bonchev–Trinajstić information content (AvgIpc) is 0.859. The number of aromatic nitrogens is 5. The number of hydrogen-bond donors (Lipinski definition) is 7. The van der Waals surface area contributed by atoms with Crippen LogP contribution in [-0.2, 0) is 29.8 Å². The van der Waals surface area contributed by atoms with Crippen molar-refractivity contribution in [2.45, 2.75) is 27.4 Å². The zero-order valence-electron chi connectivity index (χ0n) is 60.7. The van der Waals surface area contributed by atoms with Crippen molar-refractivity contribution in [1.82, 2.24) is 24.9 Å². The van der Waals surface area contributed by atoms with Gasteiger partial charge in [-0.2, -0.15) is 0 Å². The monoisotopic (exact) mass is 1770 g/mol. The number of nitro groups is 1. The first-order valence-corrected chi connectivity index (χ1v) is 43.1. The number of alkyl halides is 4. The summed E-state index contributed by atoms with van der Waals surface area (Å²) < 4.78 is 84.1. The van der Waals surface area contributed by atoms with Crippen molar-refractivity contribution in [2.24, 2.45) is 0 Å². The van der Waals surface area contributed by atoms with Crippen LogP contribution < -0.4 is 36.2 Å². The van der Waals surface area contributed by atoms with E-state index in [2.05, 4.69) is 51.2 Å². The molecule has 113 heavy (non-hydrogen) atoms. The van der Waals surface area contributed by atoms with E-state index in [-0.39, 0.29) is 45.7 Å². The van der Waals surface area contributed by atoms with Gasteiger partial charge in [0.25, 0.3) is 5.69 Å². The number of nitrogens with two attached hydrogens (primary N) is 1. The number of nitro benzene ring substituents is 1. The standard InChI is InChI=1S/C16H17FN2O.C15H13FN2O3.C15H15FN2O.C13H11ClN2O2.C11H18NO5P.C6H4ClNO.C2H5FO.CH4.2ClH.Sn/c1-18-15-7-4-13(5-8-15)2-3-14-6-9-16(19-12-14)20-11-10-17;16-9-10-21-15-8-5-13(11-17-15)2-1-12-3-6-14(7-4-12)18(19)20;16-9-10-19-15-8-5-13(11-18-15)2-1-12-3-6-14(17)7-4-12;14-13-8-5-11(9-15-13)2-1-10-3-6-12(7-4-10)16-18-17;1-3-15-18(14,16-4-2)9-10-5-7-11(8-6-10)12-17-13;7-6-2-1-5(4-9)3-8-6;3-1-2-4;;;;/h2-9,12,18H,10-11H2,1H3;1-8,11H,9-10H2;1-8,11H,9-10,17H2;1-9,16-17H;5-8,12-13H,3-4,9H2,1-2H3;1-4H;4H,1-2H2;1H4;2*1H;/q;;;;;;;;;;+2/p-2/b3-2+;3*2-1+;;;;;;;. The Hall–Kier alpha value is -9.89. The van der Waals surface area contributed by atoms with Gasteiger partial charge in [0.1, 0.15) is 56.8 Å². The fraction of sp³-hybridized carbons (Fsp3) is 0.190. The number of nitrogens with zero attached hydrogens (tertiary/aromatic N) is 6. The molecule has 0 atom stereocenters. The fourth-order valence-electron chi connectivity index (χ4n) is 8.14. The summed E-state index contributed by atoms with van der Waals surface area (Å²) in [5.41, 5.74) is 22.5. The Bertz CT molecular complexity index is 4320. The predicted molar refractivity (Wildman–Crippen MR) is 446 cm³/mol. The van der Waals surface area contributed by atoms with Crippen molar-refractivity contribution < 1.29 is 80.7 Å². The van der Waals surface area contributed by atoms with Gasteiger partial charge in [-0.05, 0) is 161 Å². The summed E-state index contributed by atoms with van der Waals surface area (Å²) in [7, 11) is 8.69. The van der Waals surface area contributed by atoms with Crippen LogP contribution in [0.3, 0.4) is 0 Å². The third-order valence-corrected chi connectivity index (χ3v) is 15.8. The van der Waals surface area contributed by atoms with E-state index in [1.807, 2.05) is 135 Å². The van der Waals surface area contributed by atoms with Gasteiger partial charge >= 0.3 is 44.3 Å². The maximum absolute atomic E-state index is 12.3. The van der Waals surface area contributed by atoms with E-state index in [1.165, 1.54) is 18.3 Å². The number of benzene rings is 5. The normalized spacial score (nSPS) is 10.4.